The fraction of sp³-hybridized carbons (Fsp3) is 0.333. The van der Waals surface area contributed by atoms with E-state index in [1.54, 1.807) is 25.2 Å². The summed E-state index contributed by atoms with van der Waals surface area (Å²) in [6.07, 6.45) is 0. The summed E-state index contributed by atoms with van der Waals surface area (Å²) in [6.45, 7) is -0.0828. The van der Waals surface area contributed by atoms with Crippen molar-refractivity contribution >= 4 is 11.8 Å². The standard InChI is InChI=1S/C12H16N2O4/c1-14(6-7-15)11(16)8-18-10-5-3-2-4-9(10)12(13)17/h2-5,15H,6-8H2,1H3,(H2,13,17). The monoisotopic (exact) mass is 252 g/mol. The third-order valence-corrected chi connectivity index (χ3v) is 2.36. The Hall–Kier alpha value is -2.08. The van der Waals surface area contributed by atoms with Crippen molar-refractivity contribution in [3.8, 4) is 5.75 Å². The number of nitrogens with zero attached hydrogens (tertiary/aromatic N) is 1. The van der Waals surface area contributed by atoms with Gasteiger partial charge in [0.15, 0.2) is 6.61 Å². The first-order valence-electron chi connectivity index (χ1n) is 5.42. The van der Waals surface area contributed by atoms with Crippen molar-refractivity contribution in [2.24, 2.45) is 5.73 Å². The van der Waals surface area contributed by atoms with Gasteiger partial charge in [0.25, 0.3) is 11.8 Å². The lowest BCUT2D eigenvalue weighted by Gasteiger charge is -2.16. The summed E-state index contributed by atoms with van der Waals surface area (Å²) >= 11 is 0. The summed E-state index contributed by atoms with van der Waals surface area (Å²) in [5, 5.41) is 8.69. The molecule has 0 aliphatic carbocycles. The number of nitrogens with two attached hydrogens (primary N) is 1. The number of benzene rings is 1. The maximum absolute atomic E-state index is 11.6. The van der Waals surface area contributed by atoms with Crippen molar-refractivity contribution in [3.05, 3.63) is 29.8 Å². The molecule has 1 aromatic rings. The Kier molecular flexibility index (Phi) is 5.13. The van der Waals surface area contributed by atoms with E-state index in [0.29, 0.717) is 0 Å². The predicted molar refractivity (Wildman–Crippen MR) is 65.2 cm³/mol. The third-order valence-electron chi connectivity index (χ3n) is 2.36. The van der Waals surface area contributed by atoms with Gasteiger partial charge in [0.1, 0.15) is 5.75 Å². The highest BCUT2D eigenvalue weighted by Crippen LogP contribution is 2.16. The molecule has 3 N–H and O–H groups in total. The Labute approximate surface area is 105 Å². The fourth-order valence-electron chi connectivity index (χ4n) is 1.32. The van der Waals surface area contributed by atoms with Crippen molar-refractivity contribution in [3.63, 3.8) is 0 Å². The zero-order chi connectivity index (χ0) is 13.5. The van der Waals surface area contributed by atoms with Crippen molar-refractivity contribution in [1.82, 2.24) is 4.90 Å². The van der Waals surface area contributed by atoms with E-state index in [9.17, 15) is 9.59 Å². The molecule has 0 aliphatic rings. The number of hydrogen-bond donors (Lipinski definition) is 2. The highest BCUT2D eigenvalue weighted by Gasteiger charge is 2.12. The lowest BCUT2D eigenvalue weighted by atomic mass is 10.2. The molecule has 18 heavy (non-hydrogen) atoms. The van der Waals surface area contributed by atoms with Crippen LogP contribution >= 0.6 is 0 Å². The molecule has 0 saturated heterocycles. The van der Waals surface area contributed by atoms with Crippen LogP contribution in [0.3, 0.4) is 0 Å². The van der Waals surface area contributed by atoms with Gasteiger partial charge < -0.3 is 20.5 Å². The summed E-state index contributed by atoms with van der Waals surface area (Å²) in [6, 6.07) is 6.44. The number of ether oxygens (including phenoxy) is 1. The van der Waals surface area contributed by atoms with E-state index in [2.05, 4.69) is 0 Å². The molecule has 0 fully saturated rings. The van der Waals surface area contributed by atoms with E-state index < -0.39 is 5.91 Å². The number of primary amides is 1. The normalized spacial score (nSPS) is 9.89. The lowest BCUT2D eigenvalue weighted by molar-refractivity contribution is -0.132. The number of aliphatic hydroxyl groups is 1. The molecule has 0 aromatic heterocycles. The highest BCUT2D eigenvalue weighted by atomic mass is 16.5. The molecule has 0 aliphatic heterocycles. The van der Waals surface area contributed by atoms with E-state index in [1.807, 2.05) is 0 Å². The van der Waals surface area contributed by atoms with Crippen molar-refractivity contribution in [2.45, 2.75) is 0 Å². The first-order valence-corrected chi connectivity index (χ1v) is 5.42. The molecule has 0 spiro atoms. The van der Waals surface area contributed by atoms with Crippen LogP contribution in [0.4, 0.5) is 0 Å². The molecule has 1 rings (SSSR count). The van der Waals surface area contributed by atoms with Gasteiger partial charge in [-0.25, -0.2) is 0 Å². The summed E-state index contributed by atoms with van der Waals surface area (Å²) in [4.78, 5) is 24.0. The van der Waals surface area contributed by atoms with E-state index in [-0.39, 0.29) is 37.0 Å². The molecule has 0 unspecified atom stereocenters. The lowest BCUT2D eigenvalue weighted by Crippen LogP contribution is -2.33. The second-order valence-electron chi connectivity index (χ2n) is 3.69. The van der Waals surface area contributed by atoms with E-state index >= 15 is 0 Å². The molecule has 98 valence electrons. The minimum atomic E-state index is -0.609. The zero-order valence-electron chi connectivity index (χ0n) is 10.1. The Morgan fingerprint density at radius 2 is 2.06 bits per heavy atom. The topological polar surface area (TPSA) is 92.9 Å². The Morgan fingerprint density at radius 1 is 1.39 bits per heavy atom. The molecular formula is C12H16N2O4. The minimum Gasteiger partial charge on any atom is -0.483 e. The summed E-state index contributed by atoms with van der Waals surface area (Å²) in [5.74, 6) is -0.624. The predicted octanol–water partition coefficient (Wildman–Crippen LogP) is -0.385. The minimum absolute atomic E-state index is 0.111. The summed E-state index contributed by atoms with van der Waals surface area (Å²) in [5.41, 5.74) is 5.41. The Bertz CT molecular complexity index is 434. The van der Waals surface area contributed by atoms with E-state index in [0.717, 1.165) is 0 Å². The largest absolute Gasteiger partial charge is 0.483 e. The number of aliphatic hydroxyl groups excluding tert-OH is 1. The first-order chi connectivity index (χ1) is 8.56. The number of amides is 2. The van der Waals surface area contributed by atoms with Crippen molar-refractivity contribution in [2.75, 3.05) is 26.8 Å². The molecule has 6 nitrogen and oxygen atoms in total. The molecule has 0 atom stereocenters. The molecule has 6 heteroatoms. The third kappa shape index (κ3) is 3.74. The number of rotatable bonds is 6. The van der Waals surface area contributed by atoms with Crippen molar-refractivity contribution < 1.29 is 19.4 Å². The van der Waals surface area contributed by atoms with Gasteiger partial charge in [-0.1, -0.05) is 12.1 Å². The molecular weight excluding hydrogens is 236 g/mol. The molecule has 0 bridgehead atoms. The summed E-state index contributed by atoms with van der Waals surface area (Å²) < 4.78 is 5.25. The van der Waals surface area contributed by atoms with Gasteiger partial charge in [-0.15, -0.1) is 0 Å². The van der Waals surface area contributed by atoms with Gasteiger partial charge in [-0.2, -0.15) is 0 Å². The second-order valence-corrected chi connectivity index (χ2v) is 3.69. The second kappa shape index (κ2) is 6.61. The summed E-state index contributed by atoms with van der Waals surface area (Å²) in [7, 11) is 1.56. The number of likely N-dealkylation sites (N-methyl/N-ethyl adjacent to an activating group) is 1. The molecule has 1 aromatic carbocycles. The van der Waals surface area contributed by atoms with Gasteiger partial charge in [0, 0.05) is 13.6 Å². The highest BCUT2D eigenvalue weighted by molar-refractivity contribution is 5.95. The fourth-order valence-corrected chi connectivity index (χ4v) is 1.32. The van der Waals surface area contributed by atoms with Crippen LogP contribution in [0.1, 0.15) is 10.4 Å². The van der Waals surface area contributed by atoms with Gasteiger partial charge >= 0.3 is 0 Å². The van der Waals surface area contributed by atoms with Crippen LogP contribution in [0.5, 0.6) is 5.75 Å². The average molecular weight is 252 g/mol. The van der Waals surface area contributed by atoms with Crippen LogP contribution in [0.25, 0.3) is 0 Å². The molecule has 2 amide bonds. The zero-order valence-corrected chi connectivity index (χ0v) is 10.1. The maximum atomic E-state index is 11.6. The average Bonchev–Trinajstić information content (AvgIpc) is 2.36. The number of carbonyl (C=O) groups excluding carboxylic acids is 2. The molecule has 0 radical (unpaired) electrons. The van der Waals surface area contributed by atoms with Crippen LogP contribution in [0.15, 0.2) is 24.3 Å². The smallest absolute Gasteiger partial charge is 0.260 e. The number of carbonyl (C=O) groups is 2. The number of hydrogen-bond acceptors (Lipinski definition) is 4. The van der Waals surface area contributed by atoms with E-state index in [1.165, 1.54) is 11.0 Å². The van der Waals surface area contributed by atoms with Gasteiger partial charge in [0.05, 0.1) is 12.2 Å². The quantitative estimate of drug-likeness (QED) is 0.721. The first kappa shape index (κ1) is 14.0. The maximum Gasteiger partial charge on any atom is 0.260 e. The van der Waals surface area contributed by atoms with Gasteiger partial charge in [-0.3, -0.25) is 9.59 Å². The van der Waals surface area contributed by atoms with Crippen LogP contribution in [-0.4, -0.2) is 48.6 Å². The van der Waals surface area contributed by atoms with Crippen molar-refractivity contribution in [1.29, 1.82) is 0 Å². The molecule has 0 heterocycles. The van der Waals surface area contributed by atoms with Crippen LogP contribution in [0, 0.1) is 0 Å². The van der Waals surface area contributed by atoms with Gasteiger partial charge in [-0.05, 0) is 12.1 Å². The van der Waals surface area contributed by atoms with E-state index in [4.69, 9.17) is 15.6 Å². The Balaban J connectivity index is 2.64. The SMILES string of the molecule is CN(CCO)C(=O)COc1ccccc1C(N)=O. The van der Waals surface area contributed by atoms with Gasteiger partial charge in [0.2, 0.25) is 0 Å². The van der Waals surface area contributed by atoms with Crippen LogP contribution < -0.4 is 10.5 Å². The molecule has 0 saturated carbocycles. The van der Waals surface area contributed by atoms with Crippen LogP contribution in [0.2, 0.25) is 0 Å². The van der Waals surface area contributed by atoms with Crippen LogP contribution in [-0.2, 0) is 4.79 Å². The number of para-hydroxylation sites is 1. The Morgan fingerprint density at radius 3 is 2.67 bits per heavy atom.